The molecule has 2 aromatic heterocycles. The van der Waals surface area contributed by atoms with Crippen molar-refractivity contribution in [3.8, 4) is 22.7 Å². The lowest BCUT2D eigenvalue weighted by atomic mass is 9.98. The largest absolute Gasteiger partial charge is 0.493 e. The van der Waals surface area contributed by atoms with Crippen LogP contribution in [0, 0.1) is 5.92 Å². The smallest absolute Gasteiger partial charge is 0.411 e. The van der Waals surface area contributed by atoms with E-state index in [1.54, 1.807) is 42.6 Å². The summed E-state index contributed by atoms with van der Waals surface area (Å²) >= 11 is 6.22. The molecule has 12 nitrogen and oxygen atoms in total. The average molecular weight is 591 g/mol. The fraction of sp³-hybridized carbons (Fsp3) is 0.310. The van der Waals surface area contributed by atoms with Crippen LogP contribution < -0.4 is 15.4 Å². The van der Waals surface area contributed by atoms with Gasteiger partial charge in [0.2, 0.25) is 5.91 Å². The van der Waals surface area contributed by atoms with E-state index in [9.17, 15) is 9.59 Å². The first-order valence-corrected chi connectivity index (χ1v) is 14.0. The Morgan fingerprint density at radius 2 is 2.07 bits per heavy atom. The first-order valence-electron chi connectivity index (χ1n) is 13.6. The van der Waals surface area contributed by atoms with Crippen LogP contribution in [0.3, 0.4) is 0 Å². The average Bonchev–Trinajstić information content (AvgIpc) is 3.69. The van der Waals surface area contributed by atoms with E-state index in [4.69, 9.17) is 21.1 Å². The minimum Gasteiger partial charge on any atom is -0.493 e. The van der Waals surface area contributed by atoms with E-state index in [0.717, 1.165) is 30.5 Å². The number of rotatable bonds is 5. The zero-order valence-electron chi connectivity index (χ0n) is 23.2. The van der Waals surface area contributed by atoms with Gasteiger partial charge in [0.1, 0.15) is 17.9 Å². The van der Waals surface area contributed by atoms with Crippen LogP contribution in [0.15, 0.2) is 55.0 Å². The summed E-state index contributed by atoms with van der Waals surface area (Å²) in [5.41, 5.74) is 3.45. The van der Waals surface area contributed by atoms with E-state index in [0.29, 0.717) is 52.5 Å². The van der Waals surface area contributed by atoms with Gasteiger partial charge in [0.05, 0.1) is 37.3 Å². The summed E-state index contributed by atoms with van der Waals surface area (Å²) in [6.07, 6.45) is 9.21. The minimum atomic E-state index is -0.563. The molecule has 2 unspecified atom stereocenters. The van der Waals surface area contributed by atoms with Gasteiger partial charge in [0.15, 0.2) is 0 Å². The van der Waals surface area contributed by atoms with Crippen molar-refractivity contribution >= 4 is 35.4 Å². The summed E-state index contributed by atoms with van der Waals surface area (Å²) in [5.74, 6) is 1.38. The number of methoxy groups -OCH3 is 1. The van der Waals surface area contributed by atoms with Gasteiger partial charge < -0.3 is 19.8 Å². The number of fused-ring (bicyclic) bond motifs is 4. The molecule has 2 amide bonds. The number of nitrogens with one attached hydrogen (secondary N) is 3. The lowest BCUT2D eigenvalue weighted by molar-refractivity contribution is -0.117. The number of ether oxygens (including phenoxy) is 2. The third-order valence-electron chi connectivity index (χ3n) is 7.00. The number of amides is 2. The zero-order chi connectivity index (χ0) is 29.5. The SMILES string of the molecule is COC(=O)Nc1ccc2c(c1)OCCC(C)CCCC(NC(=O)/C=C/c1cc(Cl)ccc1-n1cnnn1)c1ncc-2[nH]1. The molecule has 0 saturated carbocycles. The number of H-pyrrole nitrogens is 1. The quantitative estimate of drug-likeness (QED) is 0.264. The molecular formula is C29H31ClN8O4. The van der Waals surface area contributed by atoms with Crippen LogP contribution in [0.1, 0.15) is 50.0 Å². The molecule has 0 fully saturated rings. The van der Waals surface area contributed by atoms with Crippen LogP contribution in [0.4, 0.5) is 10.5 Å². The van der Waals surface area contributed by atoms with Gasteiger partial charge in [-0.3, -0.25) is 10.1 Å². The number of anilines is 1. The monoisotopic (exact) mass is 590 g/mol. The van der Waals surface area contributed by atoms with Gasteiger partial charge >= 0.3 is 6.09 Å². The van der Waals surface area contributed by atoms with Crippen molar-refractivity contribution in [2.24, 2.45) is 5.92 Å². The maximum atomic E-state index is 13.1. The molecule has 0 radical (unpaired) electrons. The summed E-state index contributed by atoms with van der Waals surface area (Å²) < 4.78 is 12.4. The maximum absolute atomic E-state index is 13.1. The summed E-state index contributed by atoms with van der Waals surface area (Å²) in [6, 6.07) is 10.3. The summed E-state index contributed by atoms with van der Waals surface area (Å²) in [4.78, 5) is 32.9. The lowest BCUT2D eigenvalue weighted by Crippen LogP contribution is -2.28. The molecule has 4 aromatic rings. The number of carbonyl (C=O) groups excluding carboxylic acids is 2. The van der Waals surface area contributed by atoms with E-state index >= 15 is 0 Å². The molecule has 1 aliphatic heterocycles. The van der Waals surface area contributed by atoms with Crippen molar-refractivity contribution in [2.75, 3.05) is 19.0 Å². The molecule has 2 atom stereocenters. The third kappa shape index (κ3) is 7.13. The predicted octanol–water partition coefficient (Wildman–Crippen LogP) is 5.34. The molecule has 0 spiro atoms. The molecule has 3 N–H and O–H groups in total. The highest BCUT2D eigenvalue weighted by atomic mass is 35.5. The number of benzene rings is 2. The molecule has 2 bridgehead atoms. The molecule has 13 heteroatoms. The molecule has 0 saturated heterocycles. The molecule has 42 heavy (non-hydrogen) atoms. The number of carbonyl (C=O) groups is 2. The van der Waals surface area contributed by atoms with Crippen LogP contribution in [0.2, 0.25) is 5.02 Å². The van der Waals surface area contributed by atoms with Gasteiger partial charge in [0, 0.05) is 34.0 Å². The van der Waals surface area contributed by atoms with E-state index in [2.05, 4.69) is 43.1 Å². The number of tetrazole rings is 1. The summed E-state index contributed by atoms with van der Waals surface area (Å²) in [6.45, 7) is 2.71. The van der Waals surface area contributed by atoms with Gasteiger partial charge in [-0.1, -0.05) is 31.4 Å². The van der Waals surface area contributed by atoms with E-state index in [1.807, 2.05) is 6.07 Å². The normalized spacial score (nSPS) is 17.2. The molecular weight excluding hydrogens is 560 g/mol. The lowest BCUT2D eigenvalue weighted by Gasteiger charge is -2.17. The number of hydrogen-bond acceptors (Lipinski definition) is 8. The van der Waals surface area contributed by atoms with Crippen molar-refractivity contribution in [3.63, 3.8) is 0 Å². The van der Waals surface area contributed by atoms with Gasteiger partial charge in [-0.2, -0.15) is 4.68 Å². The first kappa shape index (κ1) is 28.8. The van der Waals surface area contributed by atoms with Crippen molar-refractivity contribution < 1.29 is 19.1 Å². The zero-order valence-corrected chi connectivity index (χ0v) is 24.0. The minimum absolute atomic E-state index is 0.278. The van der Waals surface area contributed by atoms with E-state index in [1.165, 1.54) is 24.2 Å². The Hall–Kier alpha value is -4.71. The predicted molar refractivity (Wildman–Crippen MR) is 157 cm³/mol. The number of aromatic nitrogens is 6. The van der Waals surface area contributed by atoms with Crippen molar-refractivity contribution in [1.29, 1.82) is 0 Å². The molecule has 1 aliphatic rings. The Labute approximate surface area is 247 Å². The number of imidazole rings is 1. The third-order valence-corrected chi connectivity index (χ3v) is 7.24. The Kier molecular flexibility index (Phi) is 9.12. The highest BCUT2D eigenvalue weighted by Crippen LogP contribution is 2.34. The highest BCUT2D eigenvalue weighted by molar-refractivity contribution is 6.30. The second kappa shape index (κ2) is 13.3. The van der Waals surface area contributed by atoms with E-state index < -0.39 is 6.09 Å². The number of nitrogens with zero attached hydrogens (tertiary/aromatic N) is 5. The topological polar surface area (TPSA) is 149 Å². The number of hydrogen-bond donors (Lipinski definition) is 3. The van der Waals surface area contributed by atoms with Gasteiger partial charge in [-0.15, -0.1) is 5.10 Å². The van der Waals surface area contributed by atoms with Crippen molar-refractivity contribution in [1.82, 2.24) is 35.5 Å². The molecule has 0 aliphatic carbocycles. The fourth-order valence-electron chi connectivity index (χ4n) is 4.75. The van der Waals surface area contributed by atoms with Crippen LogP contribution >= 0.6 is 11.6 Å². The Bertz CT molecular complexity index is 1570. The Morgan fingerprint density at radius 1 is 1.19 bits per heavy atom. The number of aromatic amines is 1. The van der Waals surface area contributed by atoms with E-state index in [-0.39, 0.29) is 11.9 Å². The Morgan fingerprint density at radius 3 is 2.88 bits per heavy atom. The molecule has 5 rings (SSSR count). The molecule has 3 heterocycles. The van der Waals surface area contributed by atoms with Crippen molar-refractivity contribution in [2.45, 2.75) is 38.6 Å². The second-order valence-corrected chi connectivity index (χ2v) is 10.5. The summed E-state index contributed by atoms with van der Waals surface area (Å²) in [7, 11) is 1.31. The standard InChI is InChI=1S/C29H31ClN8O4/c1-18-4-3-5-23(34-27(39)11-6-19-14-20(30)7-10-25(19)38-17-32-36-37-38)28-31-16-24(35-28)22-9-8-21(33-29(40)41-2)15-26(22)42-13-12-18/h6-11,14-18,23H,3-5,12-13H2,1-2H3,(H,31,35)(H,33,40)(H,34,39)/b11-6+. The highest BCUT2D eigenvalue weighted by Gasteiger charge is 2.20. The van der Waals surface area contributed by atoms with Crippen LogP contribution in [-0.2, 0) is 9.53 Å². The number of halogens is 1. The molecule has 2 aromatic carbocycles. The van der Waals surface area contributed by atoms with Gasteiger partial charge in [-0.05, 0) is 65.6 Å². The van der Waals surface area contributed by atoms with Crippen LogP contribution in [0.25, 0.3) is 23.0 Å². The maximum Gasteiger partial charge on any atom is 0.411 e. The second-order valence-electron chi connectivity index (χ2n) is 10.0. The Balaban J connectivity index is 1.39. The van der Waals surface area contributed by atoms with Crippen LogP contribution in [0.5, 0.6) is 5.75 Å². The van der Waals surface area contributed by atoms with Gasteiger partial charge in [-0.25, -0.2) is 9.78 Å². The summed E-state index contributed by atoms with van der Waals surface area (Å²) in [5, 5.41) is 17.6. The van der Waals surface area contributed by atoms with Gasteiger partial charge in [0.25, 0.3) is 0 Å². The first-order chi connectivity index (χ1) is 20.4. The van der Waals surface area contributed by atoms with Crippen LogP contribution in [-0.4, -0.2) is 55.9 Å². The van der Waals surface area contributed by atoms with Crippen molar-refractivity contribution in [3.05, 3.63) is 71.4 Å². The molecule has 218 valence electrons. The fourth-order valence-corrected chi connectivity index (χ4v) is 4.93.